The van der Waals surface area contributed by atoms with Gasteiger partial charge in [-0.3, -0.25) is 0 Å². The lowest BCUT2D eigenvalue weighted by atomic mass is 9.89. The van der Waals surface area contributed by atoms with Gasteiger partial charge < -0.3 is 19.7 Å². The topological polar surface area (TPSA) is 72.2 Å². The minimum Gasteiger partial charge on any atom is -0.439 e. The Labute approximate surface area is 199 Å². The summed E-state index contributed by atoms with van der Waals surface area (Å²) in [5.41, 5.74) is 5.76. The van der Waals surface area contributed by atoms with Crippen LogP contribution in [0.3, 0.4) is 0 Å². The van der Waals surface area contributed by atoms with Gasteiger partial charge >= 0.3 is 0 Å². The average molecular weight is 455 g/mol. The number of nitrogens with zero attached hydrogens (tertiary/aromatic N) is 3. The predicted octanol–water partition coefficient (Wildman–Crippen LogP) is 5.60. The van der Waals surface area contributed by atoms with Gasteiger partial charge in [0.1, 0.15) is 18.1 Å². The molecule has 4 aromatic rings. The number of rotatable bonds is 7. The number of hydrogen-bond acceptors (Lipinski definition) is 5. The number of aromatic nitrogens is 3. The number of hydrogen-bond donors (Lipinski definition) is 2. The number of fused-ring (bicyclic) bond motifs is 1. The van der Waals surface area contributed by atoms with Gasteiger partial charge in [0.05, 0.1) is 0 Å². The quantitative estimate of drug-likeness (QED) is 0.380. The van der Waals surface area contributed by atoms with Crippen molar-refractivity contribution in [3.05, 3.63) is 89.4 Å². The largest absolute Gasteiger partial charge is 0.439 e. The molecule has 0 unspecified atom stereocenters. The van der Waals surface area contributed by atoms with Crippen LogP contribution in [0.15, 0.2) is 72.7 Å². The Bertz CT molecular complexity index is 1280. The summed E-state index contributed by atoms with van der Waals surface area (Å²) in [5, 5.41) is 14.1. The number of aryl methyl sites for hydroxylation is 1. The molecule has 0 amide bonds. The molecule has 0 saturated heterocycles. The number of aliphatic hydroxyl groups excluding tert-OH is 1. The Kier molecular flexibility index (Phi) is 6.70. The van der Waals surface area contributed by atoms with Gasteiger partial charge in [0.25, 0.3) is 0 Å². The van der Waals surface area contributed by atoms with E-state index in [-0.39, 0.29) is 6.73 Å². The van der Waals surface area contributed by atoms with E-state index in [9.17, 15) is 5.11 Å². The molecule has 6 nitrogen and oxygen atoms in total. The molecular formula is C28H30N4O2. The van der Waals surface area contributed by atoms with Crippen LogP contribution in [0.5, 0.6) is 11.6 Å². The Hall–Kier alpha value is -3.48. The zero-order chi connectivity index (χ0) is 23.3. The first kappa shape index (κ1) is 22.3. The van der Waals surface area contributed by atoms with Crippen LogP contribution in [0, 0.1) is 6.92 Å². The summed E-state index contributed by atoms with van der Waals surface area (Å²) in [5.74, 6) is 1.42. The molecular weight excluding hydrogens is 424 g/mol. The van der Waals surface area contributed by atoms with E-state index in [1.165, 1.54) is 16.7 Å². The van der Waals surface area contributed by atoms with Crippen molar-refractivity contribution in [1.29, 1.82) is 0 Å². The van der Waals surface area contributed by atoms with Crippen LogP contribution < -0.4 is 10.1 Å². The smallest absolute Gasteiger partial charge is 0.219 e. The first-order chi connectivity index (χ1) is 16.7. The van der Waals surface area contributed by atoms with Crippen molar-refractivity contribution in [2.75, 3.05) is 0 Å². The minimum atomic E-state index is -0.0483. The molecule has 1 aromatic carbocycles. The molecule has 1 aliphatic carbocycles. The molecule has 3 heterocycles. The van der Waals surface area contributed by atoms with Gasteiger partial charge in [0.2, 0.25) is 5.88 Å². The normalized spacial score (nSPS) is 16.1. The Balaban J connectivity index is 1.14. The van der Waals surface area contributed by atoms with Crippen molar-refractivity contribution in [3.8, 4) is 11.6 Å². The van der Waals surface area contributed by atoms with Crippen LogP contribution in [0.4, 0.5) is 0 Å². The van der Waals surface area contributed by atoms with E-state index >= 15 is 0 Å². The maximum atomic E-state index is 9.36. The van der Waals surface area contributed by atoms with Crippen LogP contribution in [0.2, 0.25) is 0 Å². The van der Waals surface area contributed by atoms with Gasteiger partial charge in [-0.25, -0.2) is 9.97 Å². The van der Waals surface area contributed by atoms with Crippen molar-refractivity contribution >= 4 is 17.1 Å². The maximum absolute atomic E-state index is 9.36. The molecule has 2 N–H and O–H groups in total. The van der Waals surface area contributed by atoms with Crippen molar-refractivity contribution < 1.29 is 9.84 Å². The molecule has 174 valence electrons. The number of aliphatic hydroxyl groups is 1. The van der Waals surface area contributed by atoms with E-state index in [0.29, 0.717) is 11.9 Å². The molecule has 5 rings (SSSR count). The number of pyridine rings is 2. The number of nitrogens with one attached hydrogen (secondary N) is 1. The lowest BCUT2D eigenvalue weighted by molar-refractivity contribution is 0.215. The fraction of sp³-hybridized carbons (Fsp3) is 0.286. The summed E-state index contributed by atoms with van der Waals surface area (Å²) in [6.45, 7) is 2.78. The second-order valence-corrected chi connectivity index (χ2v) is 8.99. The third-order valence-corrected chi connectivity index (χ3v) is 6.37. The second kappa shape index (κ2) is 10.2. The molecule has 1 saturated carbocycles. The SMILES string of the molecule is Cc1ccc(Oc2cccc(C=C3CCC(NCc4cnc5c(ccn5CO)c4)CC3)c2)nc1. The first-order valence-electron chi connectivity index (χ1n) is 11.8. The molecule has 6 heteroatoms. The summed E-state index contributed by atoms with van der Waals surface area (Å²) in [6, 6.07) is 16.8. The highest BCUT2D eigenvalue weighted by Gasteiger charge is 2.16. The highest BCUT2D eigenvalue weighted by atomic mass is 16.5. The second-order valence-electron chi connectivity index (χ2n) is 8.99. The average Bonchev–Trinajstić information content (AvgIpc) is 3.28. The fourth-order valence-corrected chi connectivity index (χ4v) is 4.47. The maximum Gasteiger partial charge on any atom is 0.219 e. The molecule has 0 spiro atoms. The van der Waals surface area contributed by atoms with E-state index in [4.69, 9.17) is 4.74 Å². The molecule has 0 atom stereocenters. The van der Waals surface area contributed by atoms with Gasteiger partial charge in [0.15, 0.2) is 0 Å². The fourth-order valence-electron chi connectivity index (χ4n) is 4.47. The van der Waals surface area contributed by atoms with E-state index in [1.807, 2.05) is 55.8 Å². The van der Waals surface area contributed by atoms with Crippen LogP contribution in [-0.2, 0) is 13.3 Å². The first-order valence-corrected chi connectivity index (χ1v) is 11.8. The summed E-state index contributed by atoms with van der Waals surface area (Å²) in [7, 11) is 0. The molecule has 0 radical (unpaired) electrons. The van der Waals surface area contributed by atoms with Crippen molar-refractivity contribution in [3.63, 3.8) is 0 Å². The Morgan fingerprint density at radius 3 is 2.76 bits per heavy atom. The predicted molar refractivity (Wildman–Crippen MR) is 135 cm³/mol. The molecule has 0 aliphatic heterocycles. The van der Waals surface area contributed by atoms with Crippen molar-refractivity contribution in [2.24, 2.45) is 0 Å². The lowest BCUT2D eigenvalue weighted by Gasteiger charge is -2.25. The van der Waals surface area contributed by atoms with Gasteiger partial charge in [0, 0.05) is 42.6 Å². The highest BCUT2D eigenvalue weighted by Crippen LogP contribution is 2.28. The monoisotopic (exact) mass is 454 g/mol. The number of allylic oxidation sites excluding steroid dienone is 1. The Morgan fingerprint density at radius 1 is 1.09 bits per heavy atom. The summed E-state index contributed by atoms with van der Waals surface area (Å²) < 4.78 is 7.66. The summed E-state index contributed by atoms with van der Waals surface area (Å²) in [4.78, 5) is 8.84. The van der Waals surface area contributed by atoms with E-state index < -0.39 is 0 Å². The van der Waals surface area contributed by atoms with Crippen LogP contribution in [0.1, 0.15) is 42.4 Å². The number of benzene rings is 1. The molecule has 1 aliphatic rings. The third kappa shape index (κ3) is 5.35. The summed E-state index contributed by atoms with van der Waals surface area (Å²) in [6.07, 6.45) is 12.3. The molecule has 1 fully saturated rings. The molecule has 34 heavy (non-hydrogen) atoms. The van der Waals surface area contributed by atoms with E-state index in [1.54, 1.807) is 4.57 Å². The van der Waals surface area contributed by atoms with Crippen LogP contribution in [-0.4, -0.2) is 25.7 Å². The van der Waals surface area contributed by atoms with Gasteiger partial charge in [-0.2, -0.15) is 0 Å². The Morgan fingerprint density at radius 2 is 1.97 bits per heavy atom. The zero-order valence-electron chi connectivity index (χ0n) is 19.4. The van der Waals surface area contributed by atoms with Crippen molar-refractivity contribution in [2.45, 2.75) is 51.9 Å². The van der Waals surface area contributed by atoms with Crippen LogP contribution >= 0.6 is 0 Å². The molecule has 0 bridgehead atoms. The zero-order valence-corrected chi connectivity index (χ0v) is 19.4. The van der Waals surface area contributed by atoms with Crippen molar-refractivity contribution in [1.82, 2.24) is 19.9 Å². The van der Waals surface area contributed by atoms with Gasteiger partial charge in [-0.15, -0.1) is 0 Å². The molecule has 3 aromatic heterocycles. The van der Waals surface area contributed by atoms with E-state index in [2.05, 4.69) is 39.6 Å². The third-order valence-electron chi connectivity index (χ3n) is 6.37. The summed E-state index contributed by atoms with van der Waals surface area (Å²) >= 11 is 0. The van der Waals surface area contributed by atoms with Gasteiger partial charge in [-0.05, 0) is 73.6 Å². The number of ether oxygens (including phenoxy) is 1. The van der Waals surface area contributed by atoms with Gasteiger partial charge in [-0.1, -0.05) is 29.8 Å². The highest BCUT2D eigenvalue weighted by molar-refractivity contribution is 5.76. The lowest BCUT2D eigenvalue weighted by Crippen LogP contribution is -2.31. The standard InChI is InChI=1S/C28H30N4O2/c1-20-5-10-27(30-16-20)34-26-4-2-3-22(15-26)13-21-6-8-25(9-7-21)29-17-23-14-24-11-12-32(19-33)28(24)31-18-23/h2-5,10-16,18,25,29,33H,6-9,17,19H2,1H3. The van der Waals surface area contributed by atoms with Crippen LogP contribution in [0.25, 0.3) is 17.1 Å². The van der Waals surface area contributed by atoms with E-state index in [0.717, 1.165) is 54.6 Å². The minimum absolute atomic E-state index is 0.0483.